The van der Waals surface area contributed by atoms with Gasteiger partial charge in [-0.15, -0.1) is 11.6 Å². The van der Waals surface area contributed by atoms with Crippen molar-refractivity contribution in [3.05, 3.63) is 21.7 Å². The fourth-order valence-corrected chi connectivity index (χ4v) is 1.36. The van der Waals surface area contributed by atoms with E-state index in [4.69, 9.17) is 23.2 Å². The van der Waals surface area contributed by atoms with Gasteiger partial charge in [0.25, 0.3) is 5.56 Å². The number of halogens is 2. The molecule has 0 aromatic carbocycles. The molecular weight excluding hydrogens is 237 g/mol. The molecule has 1 aromatic heterocycles. The van der Waals surface area contributed by atoms with E-state index >= 15 is 0 Å². The first-order valence-electron chi connectivity index (χ1n) is 4.70. The van der Waals surface area contributed by atoms with Crippen LogP contribution in [0.4, 0.5) is 5.82 Å². The fraction of sp³-hybridized carbons (Fsp3) is 0.556. The van der Waals surface area contributed by atoms with Gasteiger partial charge in [0.2, 0.25) is 0 Å². The zero-order valence-electron chi connectivity index (χ0n) is 8.55. The van der Waals surface area contributed by atoms with Crippen molar-refractivity contribution in [1.82, 2.24) is 9.97 Å². The van der Waals surface area contributed by atoms with E-state index in [1.54, 1.807) is 0 Å². The molecule has 2 atom stereocenters. The fourth-order valence-electron chi connectivity index (χ4n) is 1.14. The molecule has 0 spiro atoms. The Bertz CT molecular complexity index is 380. The summed E-state index contributed by atoms with van der Waals surface area (Å²) in [6, 6.07) is 0.00321. The predicted octanol–water partition coefficient (Wildman–Crippen LogP) is 2.24. The van der Waals surface area contributed by atoms with Gasteiger partial charge in [-0.2, -0.15) is 0 Å². The Balaban J connectivity index is 2.81. The van der Waals surface area contributed by atoms with Crippen molar-refractivity contribution >= 4 is 29.0 Å². The predicted molar refractivity (Wildman–Crippen MR) is 62.9 cm³/mol. The number of hydrogen-bond donors (Lipinski definition) is 2. The molecule has 1 heterocycles. The van der Waals surface area contributed by atoms with Crippen LogP contribution in [0, 0.1) is 0 Å². The lowest BCUT2D eigenvalue weighted by Crippen LogP contribution is -2.27. The zero-order valence-corrected chi connectivity index (χ0v) is 10.1. The molecule has 2 unspecified atom stereocenters. The molecule has 0 fully saturated rings. The quantitative estimate of drug-likeness (QED) is 0.805. The summed E-state index contributed by atoms with van der Waals surface area (Å²) < 4.78 is 0. The Morgan fingerprint density at radius 1 is 1.67 bits per heavy atom. The molecule has 15 heavy (non-hydrogen) atoms. The maximum Gasteiger partial charge on any atom is 0.271 e. The van der Waals surface area contributed by atoms with Crippen LogP contribution in [0.2, 0.25) is 5.02 Å². The molecule has 0 bridgehead atoms. The summed E-state index contributed by atoms with van der Waals surface area (Å²) in [5.41, 5.74) is -0.357. The average molecular weight is 250 g/mol. The van der Waals surface area contributed by atoms with Gasteiger partial charge in [0, 0.05) is 6.04 Å². The van der Waals surface area contributed by atoms with Gasteiger partial charge in [0.05, 0.1) is 11.7 Å². The molecule has 4 nitrogen and oxygen atoms in total. The van der Waals surface area contributed by atoms with Gasteiger partial charge in [-0.05, 0) is 13.3 Å². The lowest BCUT2D eigenvalue weighted by molar-refractivity contribution is 0.696. The molecule has 0 radical (unpaired) electrons. The van der Waals surface area contributed by atoms with Gasteiger partial charge >= 0.3 is 0 Å². The van der Waals surface area contributed by atoms with Gasteiger partial charge in [0.1, 0.15) is 5.02 Å². The molecule has 1 rings (SSSR count). The Hall–Kier alpha value is -0.740. The monoisotopic (exact) mass is 249 g/mol. The van der Waals surface area contributed by atoms with Crippen molar-refractivity contribution in [2.75, 3.05) is 5.32 Å². The third-order valence-electron chi connectivity index (χ3n) is 2.09. The summed E-state index contributed by atoms with van der Waals surface area (Å²) >= 11 is 11.8. The minimum atomic E-state index is -0.357. The van der Waals surface area contributed by atoms with E-state index in [-0.39, 0.29) is 22.0 Å². The molecule has 0 aliphatic carbocycles. The molecule has 84 valence electrons. The summed E-state index contributed by atoms with van der Waals surface area (Å²) in [5, 5.41) is 3.04. The van der Waals surface area contributed by atoms with E-state index < -0.39 is 0 Å². The van der Waals surface area contributed by atoms with Crippen molar-refractivity contribution in [3.63, 3.8) is 0 Å². The largest absolute Gasteiger partial charge is 0.365 e. The van der Waals surface area contributed by atoms with Crippen molar-refractivity contribution < 1.29 is 0 Å². The Morgan fingerprint density at radius 2 is 2.33 bits per heavy atom. The first-order valence-corrected chi connectivity index (χ1v) is 5.51. The molecular formula is C9H13Cl2N3O. The normalized spacial score (nSPS) is 14.7. The van der Waals surface area contributed by atoms with Gasteiger partial charge in [-0.1, -0.05) is 18.5 Å². The number of nitrogens with zero attached hydrogens (tertiary/aromatic N) is 1. The third kappa shape index (κ3) is 3.11. The number of nitrogens with one attached hydrogen (secondary N) is 2. The summed E-state index contributed by atoms with van der Waals surface area (Å²) in [7, 11) is 0. The van der Waals surface area contributed by atoms with E-state index in [0.29, 0.717) is 5.82 Å². The highest BCUT2D eigenvalue weighted by Crippen LogP contribution is 2.17. The number of H-pyrrole nitrogens is 1. The molecule has 6 heteroatoms. The maximum atomic E-state index is 11.2. The summed E-state index contributed by atoms with van der Waals surface area (Å²) in [5.74, 6) is 0.368. The molecule has 1 aromatic rings. The van der Waals surface area contributed by atoms with Gasteiger partial charge in [-0.25, -0.2) is 4.98 Å². The summed E-state index contributed by atoms with van der Waals surface area (Å²) in [6.45, 7) is 3.91. The van der Waals surface area contributed by atoms with Crippen LogP contribution in [-0.2, 0) is 0 Å². The minimum absolute atomic E-state index is 0.00321. The Kier molecular flexibility index (Phi) is 4.42. The van der Waals surface area contributed by atoms with Gasteiger partial charge in [-0.3, -0.25) is 4.79 Å². The Morgan fingerprint density at radius 3 is 2.93 bits per heavy atom. The van der Waals surface area contributed by atoms with Crippen molar-refractivity contribution in [3.8, 4) is 0 Å². The smallest absolute Gasteiger partial charge is 0.271 e. The molecule has 0 aliphatic heterocycles. The highest BCUT2D eigenvalue weighted by atomic mass is 35.5. The highest BCUT2D eigenvalue weighted by Gasteiger charge is 2.14. The average Bonchev–Trinajstić information content (AvgIpc) is 2.23. The van der Waals surface area contributed by atoms with E-state index in [2.05, 4.69) is 15.3 Å². The SMILES string of the molecule is CCC(Cl)C(C)Nc1nc[nH]c(=O)c1Cl. The Labute approximate surface area is 98.0 Å². The number of aromatic nitrogens is 2. The van der Waals surface area contributed by atoms with Crippen LogP contribution in [0.3, 0.4) is 0 Å². The van der Waals surface area contributed by atoms with Gasteiger partial charge in [0.15, 0.2) is 5.82 Å². The number of hydrogen-bond acceptors (Lipinski definition) is 3. The second-order valence-corrected chi connectivity index (χ2v) is 4.19. The second kappa shape index (κ2) is 5.37. The zero-order chi connectivity index (χ0) is 11.4. The second-order valence-electron chi connectivity index (χ2n) is 3.25. The van der Waals surface area contributed by atoms with Crippen LogP contribution in [0.1, 0.15) is 20.3 Å². The van der Waals surface area contributed by atoms with Crippen LogP contribution < -0.4 is 10.9 Å². The maximum absolute atomic E-state index is 11.2. The van der Waals surface area contributed by atoms with Gasteiger partial charge < -0.3 is 10.3 Å². The van der Waals surface area contributed by atoms with Crippen molar-refractivity contribution in [1.29, 1.82) is 0 Å². The van der Waals surface area contributed by atoms with Crippen molar-refractivity contribution in [2.24, 2.45) is 0 Å². The van der Waals surface area contributed by atoms with Crippen molar-refractivity contribution in [2.45, 2.75) is 31.7 Å². The molecule has 0 amide bonds. The molecule has 0 saturated carbocycles. The van der Waals surface area contributed by atoms with E-state index in [1.165, 1.54) is 6.33 Å². The first-order chi connectivity index (χ1) is 7.06. The van der Waals surface area contributed by atoms with Crippen LogP contribution in [0.5, 0.6) is 0 Å². The number of rotatable bonds is 4. The minimum Gasteiger partial charge on any atom is -0.365 e. The van der Waals surface area contributed by atoms with E-state index in [9.17, 15) is 4.79 Å². The number of anilines is 1. The lowest BCUT2D eigenvalue weighted by atomic mass is 10.2. The molecule has 0 aliphatic rings. The number of aromatic amines is 1. The van der Waals surface area contributed by atoms with Crippen LogP contribution >= 0.6 is 23.2 Å². The van der Waals surface area contributed by atoms with E-state index in [1.807, 2.05) is 13.8 Å². The van der Waals surface area contributed by atoms with E-state index in [0.717, 1.165) is 6.42 Å². The van der Waals surface area contributed by atoms with Crippen LogP contribution in [0.15, 0.2) is 11.1 Å². The highest BCUT2D eigenvalue weighted by molar-refractivity contribution is 6.32. The first kappa shape index (κ1) is 12.3. The summed E-state index contributed by atoms with van der Waals surface area (Å²) in [4.78, 5) is 17.5. The van der Waals surface area contributed by atoms with Crippen LogP contribution in [-0.4, -0.2) is 21.4 Å². The topological polar surface area (TPSA) is 57.8 Å². The standard InChI is InChI=1S/C9H13Cl2N3O/c1-3-6(10)5(2)14-8-7(11)9(15)13-4-12-8/h4-6H,3H2,1-2H3,(H2,12,13,14,15). The number of alkyl halides is 1. The molecule has 0 saturated heterocycles. The summed E-state index contributed by atoms with van der Waals surface area (Å²) in [6.07, 6.45) is 2.13. The molecule has 2 N–H and O–H groups in total. The third-order valence-corrected chi connectivity index (χ3v) is 3.13. The van der Waals surface area contributed by atoms with Crippen LogP contribution in [0.25, 0.3) is 0 Å². The lowest BCUT2D eigenvalue weighted by Gasteiger charge is -2.18.